The molecule has 1 aromatic rings. The van der Waals surface area contributed by atoms with Crippen molar-refractivity contribution < 1.29 is 4.74 Å². The Kier molecular flexibility index (Phi) is 4.82. The van der Waals surface area contributed by atoms with Crippen molar-refractivity contribution in [1.82, 2.24) is 5.32 Å². The van der Waals surface area contributed by atoms with Gasteiger partial charge in [0.05, 0.1) is 0 Å². The van der Waals surface area contributed by atoms with E-state index in [1.54, 1.807) is 0 Å². The summed E-state index contributed by atoms with van der Waals surface area (Å²) >= 11 is 1.90. The van der Waals surface area contributed by atoms with E-state index in [-0.39, 0.29) is 0 Å². The highest BCUT2D eigenvalue weighted by Gasteiger charge is 2.22. The summed E-state index contributed by atoms with van der Waals surface area (Å²) in [5.41, 5.74) is 1.47. The Hall–Kier alpha value is -0.380. The number of aryl methyl sites for hydroxylation is 2. The minimum absolute atomic E-state index is 0.452. The van der Waals surface area contributed by atoms with E-state index in [0.717, 1.165) is 19.1 Å². The van der Waals surface area contributed by atoms with Gasteiger partial charge in [0.2, 0.25) is 0 Å². The maximum absolute atomic E-state index is 5.44. The molecule has 1 saturated heterocycles. The van der Waals surface area contributed by atoms with Gasteiger partial charge in [0, 0.05) is 35.1 Å². The fourth-order valence-corrected chi connectivity index (χ4v) is 3.94. The molecule has 1 aliphatic heterocycles. The lowest BCUT2D eigenvalue weighted by molar-refractivity contribution is 0.0547. The third-order valence-corrected chi connectivity index (χ3v) is 5.01. The quantitative estimate of drug-likeness (QED) is 0.895. The van der Waals surface area contributed by atoms with Gasteiger partial charge in [-0.2, -0.15) is 0 Å². The summed E-state index contributed by atoms with van der Waals surface area (Å²) in [7, 11) is 0. The third kappa shape index (κ3) is 3.34. The second-order valence-electron chi connectivity index (χ2n) is 5.50. The van der Waals surface area contributed by atoms with E-state index in [0.29, 0.717) is 12.1 Å². The molecular weight excluding hydrogens is 242 g/mol. The van der Waals surface area contributed by atoms with E-state index in [1.807, 2.05) is 11.3 Å². The first-order chi connectivity index (χ1) is 8.58. The molecule has 2 atom stereocenters. The van der Waals surface area contributed by atoms with Gasteiger partial charge in [-0.3, -0.25) is 0 Å². The van der Waals surface area contributed by atoms with Gasteiger partial charge in [0.1, 0.15) is 0 Å². The van der Waals surface area contributed by atoms with Crippen LogP contribution in [-0.2, 0) is 4.74 Å². The van der Waals surface area contributed by atoms with Crippen LogP contribution in [0.4, 0.5) is 0 Å². The summed E-state index contributed by atoms with van der Waals surface area (Å²) in [5.74, 6) is 0.765. The van der Waals surface area contributed by atoms with Crippen molar-refractivity contribution >= 4 is 11.3 Å². The van der Waals surface area contributed by atoms with E-state index in [1.165, 1.54) is 28.2 Å². The highest BCUT2D eigenvalue weighted by atomic mass is 32.1. The molecule has 0 aliphatic carbocycles. The lowest BCUT2D eigenvalue weighted by atomic mass is 9.92. The first-order valence-electron chi connectivity index (χ1n) is 6.98. The first-order valence-corrected chi connectivity index (χ1v) is 7.80. The molecular formula is C15H25NOS. The first kappa shape index (κ1) is 14.0. The summed E-state index contributed by atoms with van der Waals surface area (Å²) in [6, 6.07) is 3.35. The van der Waals surface area contributed by atoms with Gasteiger partial charge in [-0.25, -0.2) is 0 Å². The molecule has 1 aromatic heterocycles. The monoisotopic (exact) mass is 267 g/mol. The fourth-order valence-electron chi connectivity index (χ4n) is 2.92. The molecule has 2 unspecified atom stereocenters. The number of hydrogen-bond acceptors (Lipinski definition) is 3. The number of ether oxygens (including phenoxy) is 1. The summed E-state index contributed by atoms with van der Waals surface area (Å²) < 4.78 is 5.44. The maximum atomic E-state index is 5.44. The van der Waals surface area contributed by atoms with Crippen molar-refractivity contribution in [3.05, 3.63) is 21.4 Å². The molecule has 1 aliphatic rings. The molecule has 2 nitrogen and oxygen atoms in total. The lowest BCUT2D eigenvalue weighted by Gasteiger charge is -2.30. The van der Waals surface area contributed by atoms with E-state index in [4.69, 9.17) is 4.74 Å². The van der Waals surface area contributed by atoms with E-state index < -0.39 is 0 Å². The molecule has 0 amide bonds. The smallest absolute Gasteiger partial charge is 0.0469 e. The largest absolute Gasteiger partial charge is 0.381 e. The standard InChI is InChI=1S/C15H25NOS/c1-10-9-15(13(4)18-10)12(3)16-11(2)14-5-7-17-8-6-14/h9,11-12,14,16H,5-8H2,1-4H3. The second-order valence-corrected chi connectivity index (χ2v) is 6.96. The predicted octanol–water partition coefficient (Wildman–Crippen LogP) is 3.83. The molecule has 18 heavy (non-hydrogen) atoms. The van der Waals surface area contributed by atoms with E-state index >= 15 is 0 Å². The zero-order valence-electron chi connectivity index (χ0n) is 12.0. The molecule has 0 saturated carbocycles. The summed E-state index contributed by atoms with van der Waals surface area (Å²) in [5, 5.41) is 3.77. The maximum Gasteiger partial charge on any atom is 0.0469 e. The summed E-state index contributed by atoms with van der Waals surface area (Å²) in [4.78, 5) is 2.86. The topological polar surface area (TPSA) is 21.3 Å². The summed E-state index contributed by atoms with van der Waals surface area (Å²) in [6.07, 6.45) is 2.39. The molecule has 3 heteroatoms. The zero-order valence-corrected chi connectivity index (χ0v) is 12.8. The van der Waals surface area contributed by atoms with Gasteiger partial charge in [-0.15, -0.1) is 11.3 Å². The SMILES string of the molecule is Cc1cc(C(C)NC(C)C2CCOCC2)c(C)s1. The van der Waals surface area contributed by atoms with E-state index in [2.05, 4.69) is 39.1 Å². The second kappa shape index (κ2) is 6.18. The van der Waals surface area contributed by atoms with Crippen molar-refractivity contribution in [3.63, 3.8) is 0 Å². The Bertz CT molecular complexity index is 382. The van der Waals surface area contributed by atoms with E-state index in [9.17, 15) is 0 Å². The average molecular weight is 267 g/mol. The van der Waals surface area contributed by atoms with Gasteiger partial charge in [-0.05, 0) is 58.1 Å². The van der Waals surface area contributed by atoms with Crippen molar-refractivity contribution in [2.75, 3.05) is 13.2 Å². The molecule has 0 aromatic carbocycles. The van der Waals surface area contributed by atoms with Crippen LogP contribution in [0.2, 0.25) is 0 Å². The van der Waals surface area contributed by atoms with Crippen molar-refractivity contribution in [3.8, 4) is 0 Å². The molecule has 0 bridgehead atoms. The number of nitrogens with one attached hydrogen (secondary N) is 1. The van der Waals surface area contributed by atoms with Crippen LogP contribution in [-0.4, -0.2) is 19.3 Å². The fraction of sp³-hybridized carbons (Fsp3) is 0.733. The van der Waals surface area contributed by atoms with Crippen LogP contribution in [0.1, 0.15) is 48.0 Å². The Morgan fingerprint density at radius 3 is 2.50 bits per heavy atom. The molecule has 0 radical (unpaired) electrons. The van der Waals surface area contributed by atoms with Crippen LogP contribution in [0.15, 0.2) is 6.07 Å². The van der Waals surface area contributed by atoms with Crippen LogP contribution >= 0.6 is 11.3 Å². The highest BCUT2D eigenvalue weighted by molar-refractivity contribution is 7.12. The van der Waals surface area contributed by atoms with Gasteiger partial charge >= 0.3 is 0 Å². The Labute approximate surface area is 115 Å². The number of hydrogen-bond donors (Lipinski definition) is 1. The van der Waals surface area contributed by atoms with Crippen LogP contribution in [0.3, 0.4) is 0 Å². The molecule has 1 fully saturated rings. The average Bonchev–Trinajstić information content (AvgIpc) is 2.69. The molecule has 2 rings (SSSR count). The van der Waals surface area contributed by atoms with Crippen LogP contribution in [0, 0.1) is 19.8 Å². The van der Waals surface area contributed by atoms with Crippen molar-refractivity contribution in [2.45, 2.75) is 52.6 Å². The Balaban J connectivity index is 1.93. The van der Waals surface area contributed by atoms with Crippen LogP contribution < -0.4 is 5.32 Å². The predicted molar refractivity (Wildman–Crippen MR) is 78.3 cm³/mol. The lowest BCUT2D eigenvalue weighted by Crippen LogP contribution is -2.38. The normalized spacial score (nSPS) is 20.9. The van der Waals surface area contributed by atoms with Gasteiger partial charge < -0.3 is 10.1 Å². The number of thiophene rings is 1. The van der Waals surface area contributed by atoms with Crippen LogP contribution in [0.5, 0.6) is 0 Å². The Morgan fingerprint density at radius 2 is 1.94 bits per heavy atom. The molecule has 2 heterocycles. The van der Waals surface area contributed by atoms with Gasteiger partial charge in [-0.1, -0.05) is 0 Å². The molecule has 1 N–H and O–H groups in total. The highest BCUT2D eigenvalue weighted by Crippen LogP contribution is 2.28. The van der Waals surface area contributed by atoms with Gasteiger partial charge in [0.15, 0.2) is 0 Å². The molecule has 102 valence electrons. The third-order valence-electron chi connectivity index (χ3n) is 4.03. The number of rotatable bonds is 4. The Morgan fingerprint density at radius 1 is 1.28 bits per heavy atom. The van der Waals surface area contributed by atoms with Crippen LogP contribution in [0.25, 0.3) is 0 Å². The van der Waals surface area contributed by atoms with Gasteiger partial charge in [0.25, 0.3) is 0 Å². The minimum atomic E-state index is 0.452. The molecule has 0 spiro atoms. The van der Waals surface area contributed by atoms with Crippen molar-refractivity contribution in [1.29, 1.82) is 0 Å². The minimum Gasteiger partial charge on any atom is -0.381 e. The zero-order chi connectivity index (χ0) is 13.1. The van der Waals surface area contributed by atoms with Crippen molar-refractivity contribution in [2.24, 2.45) is 5.92 Å². The summed E-state index contributed by atoms with van der Waals surface area (Å²) in [6.45, 7) is 10.9.